The Morgan fingerprint density at radius 2 is 1.68 bits per heavy atom. The van der Waals surface area contributed by atoms with Crippen molar-refractivity contribution >= 4 is 35.3 Å². The van der Waals surface area contributed by atoms with Gasteiger partial charge in [0.15, 0.2) is 0 Å². The highest BCUT2D eigenvalue weighted by molar-refractivity contribution is 6.31. The molecule has 130 valence electrons. The van der Waals surface area contributed by atoms with Crippen molar-refractivity contribution < 1.29 is 19.3 Å². The molecule has 0 aromatic heterocycles. The molecule has 0 unspecified atom stereocenters. The second-order valence-electron chi connectivity index (χ2n) is 5.85. The second kappa shape index (κ2) is 6.71. The number of barbiturate groups is 1. The van der Waals surface area contributed by atoms with Crippen LogP contribution < -0.4 is 15.5 Å². The van der Waals surface area contributed by atoms with Crippen LogP contribution in [0.2, 0.25) is 0 Å². The van der Waals surface area contributed by atoms with Crippen LogP contribution in [0.4, 0.5) is 16.2 Å². The zero-order valence-electron chi connectivity index (χ0n) is 13.3. The number of hydrogen-bond acceptors (Lipinski definition) is 6. The summed E-state index contributed by atoms with van der Waals surface area (Å²) in [6.45, 7) is 1.52. The van der Waals surface area contributed by atoms with Crippen molar-refractivity contribution in [1.29, 1.82) is 0 Å². The van der Waals surface area contributed by atoms with Crippen LogP contribution in [0, 0.1) is 10.1 Å². The van der Waals surface area contributed by atoms with Crippen molar-refractivity contribution in [3.63, 3.8) is 0 Å². The maximum Gasteiger partial charge on any atom is 0.328 e. The van der Waals surface area contributed by atoms with E-state index >= 15 is 0 Å². The molecule has 3 rings (SSSR count). The normalized spacial score (nSPS) is 17.8. The lowest BCUT2D eigenvalue weighted by atomic mass is 10.1. The van der Waals surface area contributed by atoms with Crippen LogP contribution in [0.3, 0.4) is 0 Å². The van der Waals surface area contributed by atoms with Gasteiger partial charge in [0.1, 0.15) is 11.3 Å². The summed E-state index contributed by atoms with van der Waals surface area (Å²) < 4.78 is 0. The number of nitro groups is 1. The van der Waals surface area contributed by atoms with Crippen LogP contribution in [0.5, 0.6) is 0 Å². The van der Waals surface area contributed by atoms with Gasteiger partial charge in [0.05, 0.1) is 4.92 Å². The molecule has 2 N–H and O–H groups in total. The number of amides is 4. The van der Waals surface area contributed by atoms with Crippen molar-refractivity contribution in [2.45, 2.75) is 19.3 Å². The fraction of sp³-hybridized carbons (Fsp3) is 0.312. The Hall–Kier alpha value is -3.23. The van der Waals surface area contributed by atoms with E-state index in [4.69, 9.17) is 0 Å². The van der Waals surface area contributed by atoms with Gasteiger partial charge < -0.3 is 4.90 Å². The molecule has 9 nitrogen and oxygen atoms in total. The highest BCUT2D eigenvalue weighted by Crippen LogP contribution is 2.32. The van der Waals surface area contributed by atoms with E-state index in [-0.39, 0.29) is 11.3 Å². The third kappa shape index (κ3) is 3.49. The monoisotopic (exact) mass is 344 g/mol. The summed E-state index contributed by atoms with van der Waals surface area (Å²) in [6.07, 6.45) is 4.30. The zero-order chi connectivity index (χ0) is 18.0. The van der Waals surface area contributed by atoms with Gasteiger partial charge in [-0.2, -0.15) is 0 Å². The number of rotatable bonds is 3. The predicted molar refractivity (Wildman–Crippen MR) is 88.8 cm³/mol. The minimum atomic E-state index is -0.890. The molecule has 0 radical (unpaired) electrons. The van der Waals surface area contributed by atoms with E-state index in [1.54, 1.807) is 12.1 Å². The fourth-order valence-corrected chi connectivity index (χ4v) is 2.95. The Morgan fingerprint density at radius 3 is 2.28 bits per heavy atom. The molecule has 0 aliphatic carbocycles. The van der Waals surface area contributed by atoms with Gasteiger partial charge in [0.25, 0.3) is 17.5 Å². The average molecular weight is 344 g/mol. The SMILES string of the molecule is O=C1NC(=O)C(=Cc2ccc(N3CCCCC3)c([N+](=O)[O-])c2)C(=O)N1. The van der Waals surface area contributed by atoms with E-state index in [9.17, 15) is 24.5 Å². The molecular weight excluding hydrogens is 328 g/mol. The van der Waals surface area contributed by atoms with Gasteiger partial charge in [0, 0.05) is 19.2 Å². The molecule has 9 heteroatoms. The lowest BCUT2D eigenvalue weighted by molar-refractivity contribution is -0.384. The molecule has 4 amide bonds. The van der Waals surface area contributed by atoms with Gasteiger partial charge in [-0.05, 0) is 37.0 Å². The van der Waals surface area contributed by atoms with Crippen molar-refractivity contribution in [3.05, 3.63) is 39.4 Å². The Bertz CT molecular complexity index is 774. The van der Waals surface area contributed by atoms with Crippen molar-refractivity contribution in [2.75, 3.05) is 18.0 Å². The van der Waals surface area contributed by atoms with E-state index in [2.05, 4.69) is 0 Å². The van der Waals surface area contributed by atoms with Gasteiger partial charge in [-0.25, -0.2) is 4.79 Å². The minimum absolute atomic E-state index is 0.0797. The number of piperidine rings is 1. The molecule has 0 saturated carbocycles. The topological polar surface area (TPSA) is 122 Å². The average Bonchev–Trinajstić information content (AvgIpc) is 2.58. The summed E-state index contributed by atoms with van der Waals surface area (Å²) in [5.41, 5.74) is 0.505. The Morgan fingerprint density at radius 1 is 1.04 bits per heavy atom. The number of hydrogen-bond donors (Lipinski definition) is 2. The smallest absolute Gasteiger partial charge is 0.328 e. The molecule has 2 fully saturated rings. The number of anilines is 1. The van der Waals surface area contributed by atoms with Crippen LogP contribution in [0.25, 0.3) is 6.08 Å². The summed E-state index contributed by atoms with van der Waals surface area (Å²) >= 11 is 0. The number of imide groups is 2. The fourth-order valence-electron chi connectivity index (χ4n) is 2.95. The van der Waals surface area contributed by atoms with E-state index in [1.807, 2.05) is 15.5 Å². The molecule has 1 aromatic carbocycles. The van der Waals surface area contributed by atoms with Gasteiger partial charge in [-0.15, -0.1) is 0 Å². The van der Waals surface area contributed by atoms with E-state index in [1.165, 1.54) is 12.1 Å². The van der Waals surface area contributed by atoms with Gasteiger partial charge in [-0.1, -0.05) is 6.07 Å². The summed E-state index contributed by atoms with van der Waals surface area (Å²) in [5, 5.41) is 15.4. The molecule has 2 saturated heterocycles. The first kappa shape index (κ1) is 16.6. The standard InChI is InChI=1S/C16H16N4O5/c21-14-11(15(22)18-16(23)17-14)8-10-4-5-12(13(9-10)20(24)25)19-6-2-1-3-7-19/h4-5,8-9H,1-3,6-7H2,(H2,17,18,21,22,23). The quantitative estimate of drug-likeness (QED) is 0.369. The number of urea groups is 1. The van der Waals surface area contributed by atoms with Crippen LogP contribution in [-0.2, 0) is 9.59 Å². The molecule has 25 heavy (non-hydrogen) atoms. The van der Waals surface area contributed by atoms with Crippen LogP contribution in [-0.4, -0.2) is 35.9 Å². The van der Waals surface area contributed by atoms with Crippen molar-refractivity contribution in [1.82, 2.24) is 10.6 Å². The van der Waals surface area contributed by atoms with Crippen molar-refractivity contribution in [2.24, 2.45) is 0 Å². The third-order valence-corrected chi connectivity index (χ3v) is 4.15. The van der Waals surface area contributed by atoms with Crippen molar-refractivity contribution in [3.8, 4) is 0 Å². The molecular formula is C16H16N4O5. The molecule has 2 heterocycles. The van der Waals surface area contributed by atoms with E-state index < -0.39 is 22.8 Å². The lowest BCUT2D eigenvalue weighted by Gasteiger charge is -2.28. The molecule has 2 aliphatic heterocycles. The Balaban J connectivity index is 1.95. The number of nitrogens with zero attached hydrogens (tertiary/aromatic N) is 2. The molecule has 0 spiro atoms. The second-order valence-corrected chi connectivity index (χ2v) is 5.85. The summed E-state index contributed by atoms with van der Waals surface area (Å²) in [6, 6.07) is 3.67. The third-order valence-electron chi connectivity index (χ3n) is 4.15. The number of carbonyl (C=O) groups is 3. The Kier molecular flexibility index (Phi) is 4.46. The number of nitrogens with one attached hydrogen (secondary N) is 2. The first-order valence-electron chi connectivity index (χ1n) is 7.87. The summed E-state index contributed by atoms with van der Waals surface area (Å²) in [7, 11) is 0. The highest BCUT2D eigenvalue weighted by atomic mass is 16.6. The van der Waals surface area contributed by atoms with Gasteiger partial charge >= 0.3 is 6.03 Å². The zero-order valence-corrected chi connectivity index (χ0v) is 13.3. The highest BCUT2D eigenvalue weighted by Gasteiger charge is 2.28. The predicted octanol–water partition coefficient (Wildman–Crippen LogP) is 1.33. The largest absolute Gasteiger partial charge is 0.366 e. The maximum atomic E-state index is 11.7. The van der Waals surface area contributed by atoms with Crippen LogP contribution in [0.15, 0.2) is 23.8 Å². The van der Waals surface area contributed by atoms with Gasteiger partial charge in [-0.3, -0.25) is 30.3 Å². The molecule has 2 aliphatic rings. The van der Waals surface area contributed by atoms with E-state index in [0.29, 0.717) is 11.3 Å². The van der Waals surface area contributed by atoms with Crippen LogP contribution >= 0.6 is 0 Å². The molecule has 1 aromatic rings. The molecule has 0 atom stereocenters. The number of carbonyl (C=O) groups excluding carboxylic acids is 3. The summed E-state index contributed by atoms with van der Waals surface area (Å²) in [4.78, 5) is 47.5. The molecule has 0 bridgehead atoms. The Labute approximate surface area is 142 Å². The van der Waals surface area contributed by atoms with E-state index in [0.717, 1.165) is 32.4 Å². The minimum Gasteiger partial charge on any atom is -0.366 e. The lowest BCUT2D eigenvalue weighted by Crippen LogP contribution is -2.51. The summed E-state index contributed by atoms with van der Waals surface area (Å²) in [5.74, 6) is -1.67. The maximum absolute atomic E-state index is 11.7. The first-order chi connectivity index (χ1) is 12.0. The number of benzene rings is 1. The number of nitro benzene ring substituents is 1. The van der Waals surface area contributed by atoms with Gasteiger partial charge in [0.2, 0.25) is 0 Å². The van der Waals surface area contributed by atoms with Crippen LogP contribution in [0.1, 0.15) is 24.8 Å². The first-order valence-corrected chi connectivity index (χ1v) is 7.87.